The first-order valence-electron chi connectivity index (χ1n) is 7.32. The molecule has 1 N–H and O–H groups in total. The minimum atomic E-state index is -0.377. The van der Waals surface area contributed by atoms with Crippen LogP contribution in [0.25, 0.3) is 22.4 Å². The van der Waals surface area contributed by atoms with Gasteiger partial charge in [0, 0.05) is 19.0 Å². The van der Waals surface area contributed by atoms with Gasteiger partial charge in [0.1, 0.15) is 17.0 Å². The molecule has 2 aromatic heterocycles. The standard InChI is InChI=1S/C16H16FN5O/c1-3-22-16(20-13(21-22)9-14(23)18-2)12-8-7-10-5-4-6-11(17)15(10)19-12/h4-8H,3,9H2,1-2H3,(H,18,23). The second-order valence-electron chi connectivity index (χ2n) is 5.03. The normalized spacial score (nSPS) is 10.9. The van der Waals surface area contributed by atoms with Crippen LogP contribution in [-0.4, -0.2) is 32.7 Å². The van der Waals surface area contributed by atoms with Crippen molar-refractivity contribution >= 4 is 16.8 Å². The first kappa shape index (κ1) is 15.1. The van der Waals surface area contributed by atoms with Gasteiger partial charge in [-0.2, -0.15) is 5.10 Å². The van der Waals surface area contributed by atoms with Crippen molar-refractivity contribution in [3.8, 4) is 11.5 Å². The third kappa shape index (κ3) is 2.90. The van der Waals surface area contributed by atoms with Crippen molar-refractivity contribution in [3.05, 3.63) is 42.0 Å². The van der Waals surface area contributed by atoms with E-state index < -0.39 is 0 Å². The number of pyridine rings is 1. The lowest BCUT2D eigenvalue weighted by molar-refractivity contribution is -0.120. The Balaban J connectivity index is 2.07. The number of aromatic nitrogens is 4. The number of aryl methyl sites for hydroxylation is 1. The summed E-state index contributed by atoms with van der Waals surface area (Å²) in [6, 6.07) is 8.40. The first-order chi connectivity index (χ1) is 11.1. The molecule has 0 spiro atoms. The molecule has 1 aromatic carbocycles. The summed E-state index contributed by atoms with van der Waals surface area (Å²) in [7, 11) is 1.56. The number of hydrogen-bond acceptors (Lipinski definition) is 4. The van der Waals surface area contributed by atoms with Crippen molar-refractivity contribution in [1.82, 2.24) is 25.1 Å². The SMILES string of the molecule is CCn1nc(CC(=O)NC)nc1-c1ccc2cccc(F)c2n1. The van der Waals surface area contributed by atoms with Crippen molar-refractivity contribution in [2.24, 2.45) is 0 Å². The Morgan fingerprint density at radius 1 is 1.26 bits per heavy atom. The van der Waals surface area contributed by atoms with Gasteiger partial charge in [-0.05, 0) is 19.1 Å². The molecule has 3 rings (SSSR count). The Kier molecular flexibility index (Phi) is 4.01. The molecular weight excluding hydrogens is 297 g/mol. The number of rotatable bonds is 4. The van der Waals surface area contributed by atoms with Crippen LogP contribution in [0.4, 0.5) is 4.39 Å². The van der Waals surface area contributed by atoms with Gasteiger partial charge >= 0.3 is 0 Å². The topological polar surface area (TPSA) is 72.7 Å². The molecule has 118 valence electrons. The van der Waals surface area contributed by atoms with E-state index in [0.717, 1.165) is 5.39 Å². The van der Waals surface area contributed by atoms with Crippen LogP contribution in [0.1, 0.15) is 12.7 Å². The number of likely N-dealkylation sites (N-methyl/N-ethyl adjacent to an activating group) is 1. The quantitative estimate of drug-likeness (QED) is 0.799. The van der Waals surface area contributed by atoms with E-state index in [1.54, 1.807) is 36.0 Å². The van der Waals surface area contributed by atoms with Crippen LogP contribution >= 0.6 is 0 Å². The molecule has 3 aromatic rings. The zero-order chi connectivity index (χ0) is 16.4. The molecule has 6 nitrogen and oxygen atoms in total. The maximum atomic E-state index is 13.9. The van der Waals surface area contributed by atoms with Crippen molar-refractivity contribution in [3.63, 3.8) is 0 Å². The summed E-state index contributed by atoms with van der Waals surface area (Å²) < 4.78 is 15.6. The van der Waals surface area contributed by atoms with Crippen LogP contribution in [0.3, 0.4) is 0 Å². The number of amides is 1. The van der Waals surface area contributed by atoms with Crippen LogP contribution in [0.5, 0.6) is 0 Å². The Morgan fingerprint density at radius 3 is 2.83 bits per heavy atom. The highest BCUT2D eigenvalue weighted by Gasteiger charge is 2.15. The van der Waals surface area contributed by atoms with E-state index in [9.17, 15) is 9.18 Å². The molecule has 0 atom stereocenters. The molecule has 1 amide bonds. The monoisotopic (exact) mass is 313 g/mol. The van der Waals surface area contributed by atoms with Crippen LogP contribution in [-0.2, 0) is 17.8 Å². The highest BCUT2D eigenvalue weighted by Crippen LogP contribution is 2.21. The minimum absolute atomic E-state index is 0.0957. The minimum Gasteiger partial charge on any atom is -0.359 e. The number of nitrogens with zero attached hydrogens (tertiary/aromatic N) is 4. The van der Waals surface area contributed by atoms with Gasteiger partial charge in [0.15, 0.2) is 11.6 Å². The summed E-state index contributed by atoms with van der Waals surface area (Å²) in [6.07, 6.45) is 0.0957. The molecule has 0 radical (unpaired) electrons. The summed E-state index contributed by atoms with van der Waals surface area (Å²) in [5.41, 5.74) is 0.823. The smallest absolute Gasteiger partial charge is 0.227 e. The Bertz CT molecular complexity index is 874. The number of fused-ring (bicyclic) bond motifs is 1. The Hall–Kier alpha value is -2.83. The number of hydrogen-bond donors (Lipinski definition) is 1. The summed E-state index contributed by atoms with van der Waals surface area (Å²) in [4.78, 5) is 20.2. The summed E-state index contributed by atoms with van der Waals surface area (Å²) in [5, 5.41) is 7.57. The lowest BCUT2D eigenvalue weighted by Crippen LogP contribution is -2.20. The van der Waals surface area contributed by atoms with Gasteiger partial charge in [-0.1, -0.05) is 18.2 Å². The molecule has 0 bridgehead atoms. The van der Waals surface area contributed by atoms with E-state index in [2.05, 4.69) is 20.4 Å². The van der Waals surface area contributed by atoms with E-state index in [1.165, 1.54) is 6.07 Å². The van der Waals surface area contributed by atoms with E-state index >= 15 is 0 Å². The number of nitrogens with one attached hydrogen (secondary N) is 1. The molecule has 0 saturated carbocycles. The molecule has 0 aliphatic heterocycles. The fraction of sp³-hybridized carbons (Fsp3) is 0.250. The van der Waals surface area contributed by atoms with E-state index in [1.807, 2.05) is 6.92 Å². The lowest BCUT2D eigenvalue weighted by Gasteiger charge is -2.04. The van der Waals surface area contributed by atoms with Crippen LogP contribution in [0, 0.1) is 5.82 Å². The van der Waals surface area contributed by atoms with Crippen molar-refractivity contribution in [2.75, 3.05) is 7.05 Å². The van der Waals surface area contributed by atoms with Crippen LogP contribution in [0.2, 0.25) is 0 Å². The summed E-state index contributed by atoms with van der Waals surface area (Å²) >= 11 is 0. The summed E-state index contributed by atoms with van der Waals surface area (Å²) in [6.45, 7) is 2.50. The number of halogens is 1. The molecular formula is C16H16FN5O. The highest BCUT2D eigenvalue weighted by atomic mass is 19.1. The van der Waals surface area contributed by atoms with Gasteiger partial charge in [-0.15, -0.1) is 0 Å². The number of carbonyl (C=O) groups is 1. The van der Waals surface area contributed by atoms with Crippen LogP contribution in [0.15, 0.2) is 30.3 Å². The van der Waals surface area contributed by atoms with Gasteiger partial charge in [0.25, 0.3) is 0 Å². The number of para-hydroxylation sites is 1. The molecule has 0 fully saturated rings. The molecule has 0 saturated heterocycles. The van der Waals surface area contributed by atoms with E-state index in [4.69, 9.17) is 0 Å². The lowest BCUT2D eigenvalue weighted by atomic mass is 10.2. The molecule has 0 aliphatic rings. The van der Waals surface area contributed by atoms with Crippen LogP contribution < -0.4 is 5.32 Å². The largest absolute Gasteiger partial charge is 0.359 e. The van der Waals surface area contributed by atoms with Crippen molar-refractivity contribution in [2.45, 2.75) is 19.9 Å². The van der Waals surface area contributed by atoms with Gasteiger partial charge in [-0.3, -0.25) is 4.79 Å². The average Bonchev–Trinajstić information content (AvgIpc) is 2.97. The fourth-order valence-corrected chi connectivity index (χ4v) is 2.34. The molecule has 0 unspecified atom stereocenters. The van der Waals surface area contributed by atoms with Gasteiger partial charge in [-0.25, -0.2) is 19.0 Å². The zero-order valence-electron chi connectivity index (χ0n) is 12.9. The zero-order valence-corrected chi connectivity index (χ0v) is 12.9. The molecule has 2 heterocycles. The number of benzene rings is 1. The van der Waals surface area contributed by atoms with Crippen molar-refractivity contribution < 1.29 is 9.18 Å². The highest BCUT2D eigenvalue weighted by molar-refractivity contribution is 5.81. The first-order valence-corrected chi connectivity index (χ1v) is 7.32. The molecule has 0 aliphatic carbocycles. The Morgan fingerprint density at radius 2 is 2.09 bits per heavy atom. The maximum absolute atomic E-state index is 13.9. The van der Waals surface area contributed by atoms with Gasteiger partial charge in [0.05, 0.1) is 6.42 Å². The predicted molar refractivity (Wildman–Crippen MR) is 84.2 cm³/mol. The Labute approximate surface area is 132 Å². The summed E-state index contributed by atoms with van der Waals surface area (Å²) in [5.74, 6) is 0.396. The average molecular weight is 313 g/mol. The second-order valence-corrected chi connectivity index (χ2v) is 5.03. The predicted octanol–water partition coefficient (Wildman–Crippen LogP) is 1.94. The van der Waals surface area contributed by atoms with Crippen molar-refractivity contribution in [1.29, 1.82) is 0 Å². The number of carbonyl (C=O) groups excluding carboxylic acids is 1. The molecule has 23 heavy (non-hydrogen) atoms. The maximum Gasteiger partial charge on any atom is 0.227 e. The molecule has 7 heteroatoms. The third-order valence-corrected chi connectivity index (χ3v) is 3.51. The van der Waals surface area contributed by atoms with Gasteiger partial charge in [0.2, 0.25) is 5.91 Å². The van der Waals surface area contributed by atoms with Gasteiger partial charge < -0.3 is 5.32 Å². The van der Waals surface area contributed by atoms with E-state index in [-0.39, 0.29) is 18.1 Å². The fourth-order valence-electron chi connectivity index (χ4n) is 2.34. The third-order valence-electron chi connectivity index (χ3n) is 3.51. The van der Waals surface area contributed by atoms with E-state index in [0.29, 0.717) is 29.4 Å². The second kappa shape index (κ2) is 6.12.